The molecule has 1 amide bonds. The average molecular weight is 264 g/mol. The molecule has 4 heteroatoms. The SMILES string of the molecule is CC(C)[C@H](N)C(=O)N(Cc1ccccc1F)C1CC1. The normalized spacial score (nSPS) is 16.5. The number of benzene rings is 1. The van der Waals surface area contributed by atoms with E-state index < -0.39 is 6.04 Å². The summed E-state index contributed by atoms with van der Waals surface area (Å²) in [5.41, 5.74) is 6.49. The summed E-state index contributed by atoms with van der Waals surface area (Å²) in [7, 11) is 0. The second-order valence-electron chi connectivity index (χ2n) is 5.56. The Bertz CT molecular complexity index is 457. The van der Waals surface area contributed by atoms with Gasteiger partial charge in [0, 0.05) is 18.2 Å². The Morgan fingerprint density at radius 2 is 2.05 bits per heavy atom. The quantitative estimate of drug-likeness (QED) is 0.887. The summed E-state index contributed by atoms with van der Waals surface area (Å²) < 4.78 is 13.7. The number of carbonyl (C=O) groups is 1. The fourth-order valence-electron chi connectivity index (χ4n) is 2.06. The van der Waals surface area contributed by atoms with Gasteiger partial charge in [-0.3, -0.25) is 4.79 Å². The van der Waals surface area contributed by atoms with Gasteiger partial charge in [-0.2, -0.15) is 0 Å². The number of nitrogens with two attached hydrogens (primary N) is 1. The molecule has 1 atom stereocenters. The van der Waals surface area contributed by atoms with Gasteiger partial charge < -0.3 is 10.6 Å². The molecule has 1 saturated carbocycles. The van der Waals surface area contributed by atoms with E-state index in [1.165, 1.54) is 6.07 Å². The molecule has 0 radical (unpaired) electrons. The predicted molar refractivity (Wildman–Crippen MR) is 72.8 cm³/mol. The van der Waals surface area contributed by atoms with E-state index in [1.807, 2.05) is 13.8 Å². The average Bonchev–Trinajstić information content (AvgIpc) is 3.20. The maximum Gasteiger partial charge on any atom is 0.240 e. The molecule has 1 aromatic carbocycles. The third-order valence-electron chi connectivity index (χ3n) is 3.57. The van der Waals surface area contributed by atoms with Crippen LogP contribution in [0.2, 0.25) is 0 Å². The Kier molecular flexibility index (Phi) is 4.20. The smallest absolute Gasteiger partial charge is 0.240 e. The minimum absolute atomic E-state index is 0.0687. The van der Waals surface area contributed by atoms with Gasteiger partial charge in [0.25, 0.3) is 0 Å². The summed E-state index contributed by atoms with van der Waals surface area (Å²) in [5.74, 6) is -0.241. The number of hydrogen-bond acceptors (Lipinski definition) is 2. The number of hydrogen-bond donors (Lipinski definition) is 1. The Hall–Kier alpha value is -1.42. The summed E-state index contributed by atoms with van der Waals surface area (Å²) in [6, 6.07) is 6.31. The monoisotopic (exact) mass is 264 g/mol. The lowest BCUT2D eigenvalue weighted by Crippen LogP contribution is -2.47. The van der Waals surface area contributed by atoms with E-state index in [2.05, 4.69) is 0 Å². The summed E-state index contributed by atoms with van der Waals surface area (Å²) >= 11 is 0. The summed E-state index contributed by atoms with van der Waals surface area (Å²) in [6.07, 6.45) is 1.98. The van der Waals surface area contributed by atoms with E-state index in [4.69, 9.17) is 5.73 Å². The lowest BCUT2D eigenvalue weighted by atomic mass is 10.0. The molecule has 104 valence electrons. The molecular weight excluding hydrogens is 243 g/mol. The van der Waals surface area contributed by atoms with Crippen molar-refractivity contribution in [3.63, 3.8) is 0 Å². The van der Waals surface area contributed by atoms with Crippen molar-refractivity contribution in [3.8, 4) is 0 Å². The zero-order chi connectivity index (χ0) is 14.0. The maximum absolute atomic E-state index is 13.7. The molecule has 0 unspecified atom stereocenters. The molecule has 1 fully saturated rings. The van der Waals surface area contributed by atoms with E-state index in [-0.39, 0.29) is 23.7 Å². The van der Waals surface area contributed by atoms with Crippen LogP contribution in [-0.4, -0.2) is 22.9 Å². The molecule has 0 saturated heterocycles. The number of halogens is 1. The highest BCUT2D eigenvalue weighted by Gasteiger charge is 2.35. The molecule has 1 aromatic rings. The first-order valence-electron chi connectivity index (χ1n) is 6.80. The van der Waals surface area contributed by atoms with E-state index in [0.717, 1.165) is 12.8 Å². The molecule has 0 aromatic heterocycles. The highest BCUT2D eigenvalue weighted by Crippen LogP contribution is 2.29. The molecule has 2 N–H and O–H groups in total. The molecule has 0 heterocycles. The molecule has 3 nitrogen and oxygen atoms in total. The zero-order valence-corrected chi connectivity index (χ0v) is 11.5. The largest absolute Gasteiger partial charge is 0.334 e. The highest BCUT2D eigenvalue weighted by molar-refractivity contribution is 5.82. The van der Waals surface area contributed by atoms with Gasteiger partial charge >= 0.3 is 0 Å². The van der Waals surface area contributed by atoms with Gasteiger partial charge in [-0.1, -0.05) is 32.0 Å². The third kappa shape index (κ3) is 3.32. The maximum atomic E-state index is 13.7. The second kappa shape index (κ2) is 5.70. The standard InChI is InChI=1S/C15H21FN2O/c1-10(2)14(17)15(19)18(12-7-8-12)9-11-5-3-4-6-13(11)16/h3-6,10,12,14H,7-9,17H2,1-2H3/t14-/m0/s1. The van der Waals surface area contributed by atoms with Gasteiger partial charge in [0.15, 0.2) is 0 Å². The van der Waals surface area contributed by atoms with Gasteiger partial charge in [-0.05, 0) is 24.8 Å². The van der Waals surface area contributed by atoms with Crippen LogP contribution in [0.5, 0.6) is 0 Å². The van der Waals surface area contributed by atoms with Gasteiger partial charge in [-0.25, -0.2) is 4.39 Å². The van der Waals surface area contributed by atoms with Crippen LogP contribution in [0, 0.1) is 11.7 Å². The topological polar surface area (TPSA) is 46.3 Å². The van der Waals surface area contributed by atoms with Crippen molar-refractivity contribution in [2.45, 2.75) is 45.3 Å². The molecule has 1 aliphatic carbocycles. The van der Waals surface area contributed by atoms with Crippen LogP contribution in [0.3, 0.4) is 0 Å². The van der Waals surface area contributed by atoms with Gasteiger partial charge in [0.2, 0.25) is 5.91 Å². The summed E-state index contributed by atoms with van der Waals surface area (Å²) in [6.45, 7) is 4.17. The number of nitrogens with zero attached hydrogens (tertiary/aromatic N) is 1. The van der Waals surface area contributed by atoms with Crippen molar-refractivity contribution in [2.24, 2.45) is 11.7 Å². The zero-order valence-electron chi connectivity index (χ0n) is 11.5. The minimum Gasteiger partial charge on any atom is -0.334 e. The van der Waals surface area contributed by atoms with Crippen LogP contribution in [-0.2, 0) is 11.3 Å². The fourth-order valence-corrected chi connectivity index (χ4v) is 2.06. The first kappa shape index (κ1) is 14.0. The van der Waals surface area contributed by atoms with Gasteiger partial charge in [0.1, 0.15) is 5.82 Å². The molecule has 1 aliphatic rings. The van der Waals surface area contributed by atoms with E-state index in [0.29, 0.717) is 12.1 Å². The summed E-state index contributed by atoms with van der Waals surface area (Å²) in [4.78, 5) is 14.1. The lowest BCUT2D eigenvalue weighted by Gasteiger charge is -2.27. The van der Waals surface area contributed by atoms with Crippen LogP contribution < -0.4 is 5.73 Å². The Balaban J connectivity index is 2.13. The Morgan fingerprint density at radius 1 is 1.42 bits per heavy atom. The Labute approximate surface area is 113 Å². The van der Waals surface area contributed by atoms with Crippen LogP contribution in [0.15, 0.2) is 24.3 Å². The van der Waals surface area contributed by atoms with E-state index in [9.17, 15) is 9.18 Å². The van der Waals surface area contributed by atoms with E-state index in [1.54, 1.807) is 23.1 Å². The lowest BCUT2D eigenvalue weighted by molar-refractivity contribution is -0.134. The fraction of sp³-hybridized carbons (Fsp3) is 0.533. The van der Waals surface area contributed by atoms with Gasteiger partial charge in [-0.15, -0.1) is 0 Å². The van der Waals surface area contributed by atoms with Crippen molar-refractivity contribution in [1.82, 2.24) is 4.90 Å². The van der Waals surface area contributed by atoms with Crippen LogP contribution in [0.25, 0.3) is 0 Å². The molecule has 0 aliphatic heterocycles. The minimum atomic E-state index is -0.507. The highest BCUT2D eigenvalue weighted by atomic mass is 19.1. The van der Waals surface area contributed by atoms with E-state index >= 15 is 0 Å². The van der Waals surface area contributed by atoms with Crippen LogP contribution >= 0.6 is 0 Å². The number of rotatable bonds is 5. The summed E-state index contributed by atoms with van der Waals surface area (Å²) in [5, 5.41) is 0. The molecule has 19 heavy (non-hydrogen) atoms. The molecular formula is C15H21FN2O. The van der Waals surface area contributed by atoms with Crippen molar-refractivity contribution >= 4 is 5.91 Å². The Morgan fingerprint density at radius 3 is 2.58 bits per heavy atom. The predicted octanol–water partition coefficient (Wildman–Crippen LogP) is 2.30. The van der Waals surface area contributed by atoms with Gasteiger partial charge in [0.05, 0.1) is 6.04 Å². The number of amides is 1. The van der Waals surface area contributed by atoms with Crippen molar-refractivity contribution < 1.29 is 9.18 Å². The first-order valence-corrected chi connectivity index (χ1v) is 6.80. The first-order chi connectivity index (χ1) is 9.00. The second-order valence-corrected chi connectivity index (χ2v) is 5.56. The van der Waals surface area contributed by atoms with Crippen molar-refractivity contribution in [3.05, 3.63) is 35.6 Å². The molecule has 0 bridgehead atoms. The van der Waals surface area contributed by atoms with Crippen molar-refractivity contribution in [2.75, 3.05) is 0 Å². The third-order valence-corrected chi connectivity index (χ3v) is 3.57. The van der Waals surface area contributed by atoms with Crippen molar-refractivity contribution in [1.29, 1.82) is 0 Å². The van der Waals surface area contributed by atoms with Crippen LogP contribution in [0.1, 0.15) is 32.3 Å². The number of carbonyl (C=O) groups excluding carboxylic acids is 1. The van der Waals surface area contributed by atoms with Crippen LogP contribution in [0.4, 0.5) is 4.39 Å². The molecule has 2 rings (SSSR count). The molecule has 0 spiro atoms.